The van der Waals surface area contributed by atoms with Crippen LogP contribution in [0.2, 0.25) is 0 Å². The van der Waals surface area contributed by atoms with Crippen LogP contribution in [0.5, 0.6) is 0 Å². The second kappa shape index (κ2) is 8.49. The van der Waals surface area contributed by atoms with Gasteiger partial charge in [0.05, 0.1) is 12.2 Å². The van der Waals surface area contributed by atoms with Gasteiger partial charge >= 0.3 is 0 Å². The van der Waals surface area contributed by atoms with Crippen LogP contribution in [0, 0.1) is 0 Å². The fraction of sp³-hybridized carbons (Fsp3) is 0.118. The number of hydrazine groups is 1. The second-order valence-corrected chi connectivity index (χ2v) is 5.56. The third kappa shape index (κ3) is 4.71. The molecule has 1 aromatic carbocycles. The standard InChI is InChI=1S/C17H22N8O/c18-7-11(5-13-6-14(19)24-17(25-22)15(13)20)9-23-8-10-1-3-12(4-2-10)16(21)26/h1-4,6-7,9H,5,8,18,20,22H2,(H2,21,26)(H3,19,24,25). The molecule has 136 valence electrons. The zero-order valence-corrected chi connectivity index (χ0v) is 14.1. The van der Waals surface area contributed by atoms with Crippen LogP contribution in [-0.4, -0.2) is 17.1 Å². The maximum atomic E-state index is 11.1. The Morgan fingerprint density at radius 2 is 1.92 bits per heavy atom. The minimum Gasteiger partial charge on any atom is -0.404 e. The molecule has 26 heavy (non-hydrogen) atoms. The van der Waals surface area contributed by atoms with Gasteiger partial charge in [-0.3, -0.25) is 9.79 Å². The molecule has 11 N–H and O–H groups in total. The molecular formula is C17H22N8O. The van der Waals surface area contributed by atoms with Crippen molar-refractivity contribution in [2.75, 3.05) is 16.9 Å². The van der Waals surface area contributed by atoms with Gasteiger partial charge in [0.25, 0.3) is 0 Å². The normalized spacial score (nSPS) is 11.7. The third-order valence-corrected chi connectivity index (χ3v) is 3.68. The van der Waals surface area contributed by atoms with Crippen LogP contribution in [0.1, 0.15) is 21.5 Å². The van der Waals surface area contributed by atoms with Crippen molar-refractivity contribution in [2.45, 2.75) is 13.0 Å². The average Bonchev–Trinajstić information content (AvgIpc) is 2.63. The number of carbonyl (C=O) groups excluding carboxylic acids is 1. The summed E-state index contributed by atoms with van der Waals surface area (Å²) >= 11 is 0. The number of rotatable bonds is 7. The van der Waals surface area contributed by atoms with Gasteiger partial charge in [-0.15, -0.1) is 0 Å². The average molecular weight is 354 g/mol. The number of allylic oxidation sites excluding steroid dienone is 1. The number of anilines is 3. The Labute approximate surface area is 150 Å². The van der Waals surface area contributed by atoms with Gasteiger partial charge in [0, 0.05) is 18.2 Å². The SMILES string of the molecule is NC=C(C=NCc1ccc(C(N)=O)cc1)Cc1cc(N)nc(NN)c1N. The van der Waals surface area contributed by atoms with Crippen LogP contribution in [0.15, 0.2) is 47.1 Å². The molecule has 0 aliphatic heterocycles. The first-order valence-corrected chi connectivity index (χ1v) is 7.75. The lowest BCUT2D eigenvalue weighted by Gasteiger charge is -2.11. The number of nitrogen functional groups attached to an aromatic ring is 3. The maximum Gasteiger partial charge on any atom is 0.248 e. The summed E-state index contributed by atoms with van der Waals surface area (Å²) in [6.45, 7) is 0.431. The molecule has 0 saturated heterocycles. The van der Waals surface area contributed by atoms with Gasteiger partial charge in [-0.05, 0) is 41.1 Å². The third-order valence-electron chi connectivity index (χ3n) is 3.68. The molecule has 0 aliphatic rings. The van der Waals surface area contributed by atoms with E-state index in [4.69, 9.17) is 28.8 Å². The van der Waals surface area contributed by atoms with Crippen molar-refractivity contribution in [3.05, 3.63) is 58.8 Å². The van der Waals surface area contributed by atoms with E-state index in [0.717, 1.165) is 16.7 Å². The van der Waals surface area contributed by atoms with Gasteiger partial charge in [0.15, 0.2) is 5.82 Å². The first kappa shape index (κ1) is 18.7. The fourth-order valence-electron chi connectivity index (χ4n) is 2.30. The molecule has 0 fully saturated rings. The highest BCUT2D eigenvalue weighted by atomic mass is 16.1. The molecule has 1 amide bonds. The predicted molar refractivity (Wildman–Crippen MR) is 104 cm³/mol. The summed E-state index contributed by atoms with van der Waals surface area (Å²) in [4.78, 5) is 19.4. The Hall–Kier alpha value is -3.59. The highest BCUT2D eigenvalue weighted by molar-refractivity contribution is 5.92. The zero-order chi connectivity index (χ0) is 19.1. The molecule has 2 rings (SSSR count). The predicted octanol–water partition coefficient (Wildman–Crippen LogP) is 0.287. The summed E-state index contributed by atoms with van der Waals surface area (Å²) in [7, 11) is 0. The minimum atomic E-state index is -0.464. The van der Waals surface area contributed by atoms with Crippen LogP contribution in [0.3, 0.4) is 0 Å². The maximum absolute atomic E-state index is 11.1. The number of pyridine rings is 1. The number of nitrogens with two attached hydrogens (primary N) is 5. The minimum absolute atomic E-state index is 0.296. The smallest absolute Gasteiger partial charge is 0.248 e. The number of hydrogen-bond donors (Lipinski definition) is 6. The molecule has 2 aromatic rings. The number of nitrogens with zero attached hydrogens (tertiary/aromatic N) is 2. The number of benzene rings is 1. The Morgan fingerprint density at radius 1 is 1.23 bits per heavy atom. The topological polar surface area (TPSA) is 184 Å². The number of aliphatic imine (C=N–C) groups is 1. The van der Waals surface area contributed by atoms with Gasteiger partial charge in [-0.1, -0.05) is 12.1 Å². The molecule has 1 heterocycles. The molecule has 0 bridgehead atoms. The summed E-state index contributed by atoms with van der Waals surface area (Å²) in [5.74, 6) is 5.52. The van der Waals surface area contributed by atoms with E-state index in [-0.39, 0.29) is 0 Å². The van der Waals surface area contributed by atoms with Crippen LogP contribution in [-0.2, 0) is 13.0 Å². The van der Waals surface area contributed by atoms with Crippen molar-refractivity contribution in [1.82, 2.24) is 4.98 Å². The Kier molecular flexibility index (Phi) is 6.12. The van der Waals surface area contributed by atoms with E-state index in [1.54, 1.807) is 36.5 Å². The van der Waals surface area contributed by atoms with Gasteiger partial charge < -0.3 is 28.4 Å². The van der Waals surface area contributed by atoms with Crippen molar-refractivity contribution in [2.24, 2.45) is 22.3 Å². The van der Waals surface area contributed by atoms with Gasteiger partial charge in [-0.25, -0.2) is 10.8 Å². The number of amides is 1. The number of hydrogen-bond acceptors (Lipinski definition) is 8. The van der Waals surface area contributed by atoms with Crippen molar-refractivity contribution in [1.29, 1.82) is 0 Å². The van der Waals surface area contributed by atoms with Crippen molar-refractivity contribution < 1.29 is 4.79 Å². The quantitative estimate of drug-likeness (QED) is 0.234. The molecule has 0 atom stereocenters. The van der Waals surface area contributed by atoms with Crippen LogP contribution >= 0.6 is 0 Å². The summed E-state index contributed by atoms with van der Waals surface area (Å²) in [6, 6.07) is 8.58. The summed E-state index contributed by atoms with van der Waals surface area (Å²) < 4.78 is 0. The van der Waals surface area contributed by atoms with E-state index in [2.05, 4.69) is 15.4 Å². The Morgan fingerprint density at radius 3 is 2.50 bits per heavy atom. The first-order valence-electron chi connectivity index (χ1n) is 7.75. The van der Waals surface area contributed by atoms with E-state index < -0.39 is 5.91 Å². The van der Waals surface area contributed by atoms with Crippen LogP contribution in [0.25, 0.3) is 0 Å². The molecule has 0 unspecified atom stereocenters. The second-order valence-electron chi connectivity index (χ2n) is 5.56. The molecule has 0 spiro atoms. The lowest BCUT2D eigenvalue weighted by Crippen LogP contribution is -2.14. The Bertz CT molecular complexity index is 843. The zero-order valence-electron chi connectivity index (χ0n) is 14.1. The summed E-state index contributed by atoms with van der Waals surface area (Å²) in [5, 5.41) is 0. The van der Waals surface area contributed by atoms with Crippen molar-refractivity contribution in [3.63, 3.8) is 0 Å². The van der Waals surface area contributed by atoms with Crippen LogP contribution < -0.4 is 34.2 Å². The fourth-order valence-corrected chi connectivity index (χ4v) is 2.30. The number of carbonyl (C=O) groups is 1. The van der Waals surface area contributed by atoms with Crippen LogP contribution in [0.4, 0.5) is 17.3 Å². The lowest BCUT2D eigenvalue weighted by atomic mass is 10.1. The monoisotopic (exact) mass is 354 g/mol. The van der Waals surface area contributed by atoms with Crippen molar-refractivity contribution >= 4 is 29.4 Å². The summed E-state index contributed by atoms with van der Waals surface area (Å²) in [6.07, 6.45) is 3.53. The molecule has 9 heteroatoms. The molecule has 9 nitrogen and oxygen atoms in total. The molecular weight excluding hydrogens is 332 g/mol. The molecule has 0 radical (unpaired) electrons. The van der Waals surface area contributed by atoms with E-state index >= 15 is 0 Å². The van der Waals surface area contributed by atoms with E-state index in [0.29, 0.717) is 35.9 Å². The first-order chi connectivity index (χ1) is 12.4. The number of primary amides is 1. The van der Waals surface area contributed by atoms with E-state index in [9.17, 15) is 4.79 Å². The van der Waals surface area contributed by atoms with E-state index in [1.807, 2.05) is 0 Å². The Balaban J connectivity index is 2.07. The van der Waals surface area contributed by atoms with Gasteiger partial charge in [-0.2, -0.15) is 0 Å². The highest BCUT2D eigenvalue weighted by Crippen LogP contribution is 2.24. The molecule has 0 aliphatic carbocycles. The van der Waals surface area contributed by atoms with Gasteiger partial charge in [0.2, 0.25) is 5.91 Å². The van der Waals surface area contributed by atoms with Crippen molar-refractivity contribution in [3.8, 4) is 0 Å². The largest absolute Gasteiger partial charge is 0.404 e. The number of aromatic nitrogens is 1. The molecule has 1 aromatic heterocycles. The van der Waals surface area contributed by atoms with Gasteiger partial charge in [0.1, 0.15) is 5.82 Å². The molecule has 0 saturated carbocycles. The highest BCUT2D eigenvalue weighted by Gasteiger charge is 2.09. The van der Waals surface area contributed by atoms with E-state index in [1.165, 1.54) is 6.20 Å². The number of nitrogens with one attached hydrogen (secondary N) is 1. The lowest BCUT2D eigenvalue weighted by molar-refractivity contribution is 0.100. The summed E-state index contributed by atoms with van der Waals surface area (Å²) in [5.41, 5.74) is 28.3.